The monoisotopic (exact) mass is 415 g/mol. The van der Waals surface area contributed by atoms with Crippen LogP contribution in [0.4, 0.5) is 11.4 Å². The Kier molecular flexibility index (Phi) is 6.75. The molecule has 0 aliphatic carbocycles. The first-order valence-corrected chi connectivity index (χ1v) is 10.2. The molecule has 2 aromatic carbocycles. The molecular weight excluding hydrogens is 386 g/mol. The third-order valence-electron chi connectivity index (χ3n) is 5.29. The van der Waals surface area contributed by atoms with Crippen LogP contribution in [-0.2, 0) is 9.59 Å². The highest BCUT2D eigenvalue weighted by Gasteiger charge is 2.28. The van der Waals surface area contributed by atoms with Gasteiger partial charge in [-0.1, -0.05) is 30.8 Å². The molecule has 5 nitrogen and oxygen atoms in total. The lowest BCUT2D eigenvalue weighted by atomic mass is 9.94. The quantitative estimate of drug-likeness (QED) is 0.695. The number of Topliss-reactive ketones (excluding diaryl/α,β-unsaturated/α-hetero) is 1. The van der Waals surface area contributed by atoms with Crippen molar-refractivity contribution in [2.45, 2.75) is 0 Å². The average Bonchev–Trinajstić information content (AvgIpc) is 2.76. The van der Waals surface area contributed by atoms with Gasteiger partial charge in [0, 0.05) is 50.7 Å². The molecule has 160 valence electrons. The molecular formula is C26H29N3O2. The van der Waals surface area contributed by atoms with Crippen molar-refractivity contribution in [3.05, 3.63) is 83.5 Å². The van der Waals surface area contributed by atoms with Crippen LogP contribution < -0.4 is 9.80 Å². The fourth-order valence-electron chi connectivity index (χ4n) is 3.46. The summed E-state index contributed by atoms with van der Waals surface area (Å²) in [6.07, 6.45) is 5.03. The zero-order chi connectivity index (χ0) is 22.5. The first kappa shape index (κ1) is 22.1. The van der Waals surface area contributed by atoms with Gasteiger partial charge in [0.15, 0.2) is 5.78 Å². The molecule has 1 saturated heterocycles. The van der Waals surface area contributed by atoms with Crippen molar-refractivity contribution < 1.29 is 9.59 Å². The standard InChI is InChI=1S/C26H29N3O2/c1-6-25(30)29-17-21(15-19-7-11-23(12-8-19)27(2)3)26(31)22(18-29)16-20-9-13-24(14-10-20)28(4)5/h6-16H,1,17-18H2,2-5H3/b21-15-,22-16-. The highest BCUT2D eigenvalue weighted by Crippen LogP contribution is 2.24. The molecule has 1 aliphatic heterocycles. The topological polar surface area (TPSA) is 43.9 Å². The lowest BCUT2D eigenvalue weighted by Crippen LogP contribution is -2.40. The van der Waals surface area contributed by atoms with Crippen molar-refractivity contribution in [1.29, 1.82) is 0 Å². The van der Waals surface area contributed by atoms with Gasteiger partial charge in [-0.05, 0) is 53.6 Å². The van der Waals surface area contributed by atoms with Crippen molar-refractivity contribution in [3.63, 3.8) is 0 Å². The van der Waals surface area contributed by atoms with Gasteiger partial charge in [0.25, 0.3) is 0 Å². The van der Waals surface area contributed by atoms with Crippen LogP contribution in [0, 0.1) is 0 Å². The van der Waals surface area contributed by atoms with E-state index in [2.05, 4.69) is 6.58 Å². The Morgan fingerprint density at radius 3 is 1.52 bits per heavy atom. The van der Waals surface area contributed by atoms with Gasteiger partial charge in [-0.25, -0.2) is 0 Å². The Hall–Kier alpha value is -3.60. The minimum atomic E-state index is -0.185. The van der Waals surface area contributed by atoms with E-state index in [9.17, 15) is 9.59 Å². The Balaban J connectivity index is 1.94. The SMILES string of the molecule is C=CC(=O)N1C/C(=C/c2ccc(N(C)C)cc2)C(=O)/C(=C\c2ccc(N(C)C)cc2)C1. The molecule has 0 N–H and O–H groups in total. The maximum absolute atomic E-state index is 13.2. The van der Waals surface area contributed by atoms with Gasteiger partial charge in [-0.3, -0.25) is 9.59 Å². The van der Waals surface area contributed by atoms with E-state index < -0.39 is 0 Å². The number of benzene rings is 2. The van der Waals surface area contributed by atoms with E-state index >= 15 is 0 Å². The average molecular weight is 416 g/mol. The summed E-state index contributed by atoms with van der Waals surface area (Å²) < 4.78 is 0. The van der Waals surface area contributed by atoms with Crippen LogP contribution in [0.2, 0.25) is 0 Å². The van der Waals surface area contributed by atoms with Crippen LogP contribution >= 0.6 is 0 Å². The number of rotatable bonds is 5. The minimum Gasteiger partial charge on any atom is -0.378 e. The van der Waals surface area contributed by atoms with E-state index in [4.69, 9.17) is 0 Å². The molecule has 0 aromatic heterocycles. The number of amides is 1. The second-order valence-electron chi connectivity index (χ2n) is 8.04. The highest BCUT2D eigenvalue weighted by atomic mass is 16.2. The van der Waals surface area contributed by atoms with Crippen LogP contribution in [0.1, 0.15) is 11.1 Å². The van der Waals surface area contributed by atoms with Gasteiger partial charge in [-0.15, -0.1) is 0 Å². The number of hydrogen-bond donors (Lipinski definition) is 0. The normalized spacial score (nSPS) is 16.5. The highest BCUT2D eigenvalue weighted by molar-refractivity contribution is 6.15. The summed E-state index contributed by atoms with van der Waals surface area (Å²) in [5, 5.41) is 0. The first-order valence-electron chi connectivity index (χ1n) is 10.2. The van der Waals surface area contributed by atoms with Crippen LogP contribution in [-0.4, -0.2) is 57.9 Å². The molecule has 2 aromatic rings. The second-order valence-corrected chi connectivity index (χ2v) is 8.04. The summed E-state index contributed by atoms with van der Waals surface area (Å²) in [6, 6.07) is 16.0. The van der Waals surface area contributed by atoms with Gasteiger partial charge in [0.1, 0.15) is 0 Å². The van der Waals surface area contributed by atoms with Gasteiger partial charge >= 0.3 is 0 Å². The minimum absolute atomic E-state index is 0.0264. The molecule has 1 fully saturated rings. The Morgan fingerprint density at radius 1 is 0.806 bits per heavy atom. The third kappa shape index (κ3) is 5.31. The second kappa shape index (κ2) is 9.47. The lowest BCUT2D eigenvalue weighted by Gasteiger charge is -2.29. The zero-order valence-corrected chi connectivity index (χ0v) is 18.6. The Bertz CT molecular complexity index is 956. The number of hydrogen-bond acceptors (Lipinski definition) is 4. The molecule has 3 rings (SSSR count). The van der Waals surface area contributed by atoms with Gasteiger partial charge in [-0.2, -0.15) is 0 Å². The summed E-state index contributed by atoms with van der Waals surface area (Å²) in [6.45, 7) is 4.15. The molecule has 1 heterocycles. The Labute approximate surface area is 184 Å². The first-order chi connectivity index (χ1) is 14.8. The number of nitrogens with zero attached hydrogens (tertiary/aromatic N) is 3. The number of anilines is 2. The maximum Gasteiger partial charge on any atom is 0.246 e. The summed E-state index contributed by atoms with van der Waals surface area (Å²) >= 11 is 0. The van der Waals surface area contributed by atoms with Gasteiger partial charge in [0.05, 0.1) is 13.1 Å². The molecule has 0 bridgehead atoms. The molecule has 0 saturated carbocycles. The summed E-state index contributed by atoms with van der Waals surface area (Å²) in [5.74, 6) is -0.211. The molecule has 1 amide bonds. The number of carbonyl (C=O) groups is 2. The molecule has 0 spiro atoms. The van der Waals surface area contributed by atoms with E-state index in [1.54, 1.807) is 4.90 Å². The Morgan fingerprint density at radius 2 is 1.19 bits per heavy atom. The van der Waals surface area contributed by atoms with E-state index in [0.29, 0.717) is 11.1 Å². The zero-order valence-electron chi connectivity index (χ0n) is 18.6. The fourth-order valence-corrected chi connectivity index (χ4v) is 3.46. The molecule has 0 radical (unpaired) electrons. The van der Waals surface area contributed by atoms with E-state index in [1.165, 1.54) is 6.08 Å². The van der Waals surface area contributed by atoms with E-state index in [1.807, 2.05) is 98.7 Å². The number of piperidine rings is 1. The lowest BCUT2D eigenvalue weighted by molar-refractivity contribution is -0.126. The van der Waals surface area contributed by atoms with Crippen LogP contribution in [0.3, 0.4) is 0 Å². The van der Waals surface area contributed by atoms with Crippen molar-refractivity contribution in [1.82, 2.24) is 4.90 Å². The van der Waals surface area contributed by atoms with Crippen LogP contribution in [0.5, 0.6) is 0 Å². The van der Waals surface area contributed by atoms with Gasteiger partial charge in [0.2, 0.25) is 5.91 Å². The molecule has 31 heavy (non-hydrogen) atoms. The van der Waals surface area contributed by atoms with Gasteiger partial charge < -0.3 is 14.7 Å². The molecule has 1 aliphatic rings. The summed E-state index contributed by atoms with van der Waals surface area (Å²) in [7, 11) is 7.94. The van der Waals surface area contributed by atoms with Crippen LogP contribution in [0.25, 0.3) is 12.2 Å². The predicted molar refractivity (Wildman–Crippen MR) is 129 cm³/mol. The smallest absolute Gasteiger partial charge is 0.246 e. The largest absolute Gasteiger partial charge is 0.378 e. The van der Waals surface area contributed by atoms with Crippen molar-refractivity contribution in [2.24, 2.45) is 0 Å². The van der Waals surface area contributed by atoms with E-state index in [0.717, 1.165) is 22.5 Å². The summed E-state index contributed by atoms with van der Waals surface area (Å²) in [4.78, 5) is 31.3. The maximum atomic E-state index is 13.2. The van der Waals surface area contributed by atoms with E-state index in [-0.39, 0.29) is 24.8 Å². The van der Waals surface area contributed by atoms with Crippen molar-refractivity contribution in [3.8, 4) is 0 Å². The fraction of sp³-hybridized carbons (Fsp3) is 0.231. The van der Waals surface area contributed by atoms with Crippen LogP contribution in [0.15, 0.2) is 72.3 Å². The summed E-state index contributed by atoms with van der Waals surface area (Å²) in [5.41, 5.74) is 5.21. The molecule has 0 unspecified atom stereocenters. The van der Waals surface area contributed by atoms with Crippen molar-refractivity contribution in [2.75, 3.05) is 51.1 Å². The number of carbonyl (C=O) groups excluding carboxylic acids is 2. The van der Waals surface area contributed by atoms with Crippen molar-refractivity contribution >= 4 is 35.2 Å². The number of likely N-dealkylation sites (tertiary alicyclic amines) is 1. The third-order valence-corrected chi connectivity index (χ3v) is 5.29. The molecule has 0 atom stereocenters. The number of ketones is 1. The molecule has 5 heteroatoms. The predicted octanol–water partition coefficient (Wildman–Crippen LogP) is 3.88.